The zero-order chi connectivity index (χ0) is 60.6. The summed E-state index contributed by atoms with van der Waals surface area (Å²) in [6, 6.07) is 0. The Bertz CT molecular complexity index is 1600. The highest BCUT2D eigenvalue weighted by molar-refractivity contribution is 7.47. The Morgan fingerprint density at radius 2 is 0.561 bits per heavy atom. The normalized spacial score (nSPS) is 14.3. The van der Waals surface area contributed by atoms with Crippen molar-refractivity contribution in [3.8, 4) is 0 Å². The Labute approximate surface area is 498 Å². The molecule has 5 atom stereocenters. The van der Waals surface area contributed by atoms with Crippen LogP contribution in [0.4, 0.5) is 0 Å². The van der Waals surface area contributed by atoms with E-state index in [-0.39, 0.29) is 25.7 Å². The van der Waals surface area contributed by atoms with E-state index < -0.39 is 97.5 Å². The molecule has 0 aliphatic carbocycles. The molecule has 0 aromatic rings. The first kappa shape index (κ1) is 80.1. The number of unbranched alkanes of at least 4 members (excludes halogenated alkanes) is 35. The molecular formula is C63H122O17P2. The molecular weight excluding hydrogens is 1090 g/mol. The molecule has 0 rings (SSSR count). The Morgan fingerprint density at radius 1 is 0.329 bits per heavy atom. The summed E-state index contributed by atoms with van der Waals surface area (Å²) in [6.07, 6.45) is 40.6. The number of hydrogen-bond acceptors (Lipinski definition) is 15. The molecule has 0 aromatic carbocycles. The second-order valence-corrected chi connectivity index (χ2v) is 26.2. The highest BCUT2D eigenvalue weighted by Gasteiger charge is 2.30. The average Bonchev–Trinajstić information content (AvgIpc) is 3.44. The Balaban J connectivity index is 5.16. The van der Waals surface area contributed by atoms with Gasteiger partial charge in [0.1, 0.15) is 19.3 Å². The molecule has 17 nitrogen and oxygen atoms in total. The van der Waals surface area contributed by atoms with E-state index in [9.17, 15) is 43.2 Å². The molecule has 0 radical (unpaired) electrons. The maximum Gasteiger partial charge on any atom is 0.472 e. The molecule has 0 fully saturated rings. The molecule has 0 heterocycles. The van der Waals surface area contributed by atoms with E-state index in [4.69, 9.17) is 37.0 Å². The standard InChI is InChI=1S/C63H122O17P2/c1-6-9-12-15-18-20-21-22-23-24-25-26-27-28-33-39-44-49-63(68)80-59(53-74-61(66)47-42-37-34-29-31-35-40-45-56(4)5)55-78-82(71,72)76-51-57(64)50-75-81(69,70)77-54-58(52-73-60(65)46-41-36-30-17-14-11-8-3)79-62(67)48-43-38-32-19-16-13-10-7-2/h56-59,64H,6-55H2,1-5H3,(H,69,70)(H,71,72)/t57-,58+,59+/m0/s1. The number of rotatable bonds is 63. The number of aliphatic hydroxyl groups is 1. The molecule has 3 N–H and O–H groups in total. The number of carbonyl (C=O) groups is 4. The van der Waals surface area contributed by atoms with E-state index in [1.165, 1.54) is 116 Å². The van der Waals surface area contributed by atoms with Crippen LogP contribution in [-0.4, -0.2) is 96.7 Å². The van der Waals surface area contributed by atoms with Gasteiger partial charge in [-0.05, 0) is 31.6 Å². The molecule has 0 spiro atoms. The van der Waals surface area contributed by atoms with Gasteiger partial charge < -0.3 is 33.8 Å². The summed E-state index contributed by atoms with van der Waals surface area (Å²) in [5.41, 5.74) is 0. The average molecular weight is 1210 g/mol. The van der Waals surface area contributed by atoms with Crippen LogP contribution in [0.15, 0.2) is 0 Å². The molecule has 82 heavy (non-hydrogen) atoms. The zero-order valence-corrected chi connectivity index (χ0v) is 54.4. The van der Waals surface area contributed by atoms with Gasteiger partial charge >= 0.3 is 39.5 Å². The van der Waals surface area contributed by atoms with E-state index >= 15 is 0 Å². The molecule has 0 aliphatic heterocycles. The van der Waals surface area contributed by atoms with Crippen LogP contribution in [0.2, 0.25) is 0 Å². The summed E-state index contributed by atoms with van der Waals surface area (Å²) in [4.78, 5) is 71.9. The second-order valence-electron chi connectivity index (χ2n) is 23.3. The Morgan fingerprint density at radius 3 is 0.829 bits per heavy atom. The predicted octanol–water partition coefficient (Wildman–Crippen LogP) is 17.4. The minimum Gasteiger partial charge on any atom is -0.462 e. The van der Waals surface area contributed by atoms with E-state index in [1.807, 2.05) is 0 Å². The molecule has 0 bridgehead atoms. The SMILES string of the molecule is CCCCCCCCCCCCCCCCCCCC(=O)O[C@H](COC(=O)CCCCCCCCCC(C)C)COP(=O)(O)OC[C@@H](O)COP(=O)(O)OC[C@@H](COC(=O)CCCCCCCCC)OC(=O)CCCCCCCCCC. The molecule has 0 aliphatic rings. The van der Waals surface area contributed by atoms with Gasteiger partial charge in [-0.3, -0.25) is 37.3 Å². The molecule has 0 amide bonds. The molecule has 0 saturated heterocycles. The molecule has 0 saturated carbocycles. The first-order valence-corrected chi connectivity index (χ1v) is 36.1. The van der Waals surface area contributed by atoms with Gasteiger partial charge in [0.15, 0.2) is 12.2 Å². The van der Waals surface area contributed by atoms with Crippen molar-refractivity contribution >= 4 is 39.5 Å². The van der Waals surface area contributed by atoms with Crippen LogP contribution >= 0.6 is 15.6 Å². The number of hydrogen-bond donors (Lipinski definition) is 3. The minimum absolute atomic E-state index is 0.104. The van der Waals surface area contributed by atoms with Gasteiger partial charge in [-0.25, -0.2) is 9.13 Å². The van der Waals surface area contributed by atoms with Crippen LogP contribution in [-0.2, 0) is 65.4 Å². The Hall–Kier alpha value is -1.94. The summed E-state index contributed by atoms with van der Waals surface area (Å²) in [5.74, 6) is -1.44. The van der Waals surface area contributed by atoms with Crippen LogP contribution in [0.1, 0.15) is 317 Å². The van der Waals surface area contributed by atoms with E-state index in [0.29, 0.717) is 31.6 Å². The third kappa shape index (κ3) is 57.2. The summed E-state index contributed by atoms with van der Waals surface area (Å²) in [6.45, 7) is 7.07. The number of aliphatic hydroxyl groups excluding tert-OH is 1. The van der Waals surface area contributed by atoms with Gasteiger partial charge in [0.25, 0.3) is 0 Å². The molecule has 2 unspecified atom stereocenters. The summed E-state index contributed by atoms with van der Waals surface area (Å²) in [7, 11) is -9.87. The van der Waals surface area contributed by atoms with Crippen molar-refractivity contribution in [1.82, 2.24) is 0 Å². The molecule has 19 heteroatoms. The lowest BCUT2D eigenvalue weighted by Gasteiger charge is -2.21. The maximum absolute atomic E-state index is 13.0. The molecule has 0 aromatic heterocycles. The summed E-state index contributed by atoms with van der Waals surface area (Å²) >= 11 is 0. The fourth-order valence-electron chi connectivity index (χ4n) is 9.41. The van der Waals surface area contributed by atoms with Crippen molar-refractivity contribution in [2.24, 2.45) is 5.92 Å². The third-order valence-electron chi connectivity index (χ3n) is 14.5. The summed E-state index contributed by atoms with van der Waals surface area (Å²) in [5, 5.41) is 10.5. The lowest BCUT2D eigenvalue weighted by Crippen LogP contribution is -2.30. The third-order valence-corrected chi connectivity index (χ3v) is 16.4. The van der Waals surface area contributed by atoms with E-state index in [1.54, 1.807) is 0 Å². The van der Waals surface area contributed by atoms with Crippen molar-refractivity contribution < 1.29 is 80.2 Å². The smallest absolute Gasteiger partial charge is 0.462 e. The summed E-state index contributed by atoms with van der Waals surface area (Å²) < 4.78 is 67.8. The molecule has 486 valence electrons. The number of phosphoric ester groups is 2. The van der Waals surface area contributed by atoms with Gasteiger partial charge in [-0.2, -0.15) is 0 Å². The monoisotopic (exact) mass is 1210 g/mol. The maximum atomic E-state index is 13.0. The van der Waals surface area contributed by atoms with Crippen molar-refractivity contribution in [3.05, 3.63) is 0 Å². The largest absolute Gasteiger partial charge is 0.472 e. The van der Waals surface area contributed by atoms with Crippen molar-refractivity contribution in [2.75, 3.05) is 39.6 Å². The quantitative estimate of drug-likeness (QED) is 0.0222. The van der Waals surface area contributed by atoms with Gasteiger partial charge in [-0.1, -0.05) is 266 Å². The van der Waals surface area contributed by atoms with Crippen molar-refractivity contribution in [2.45, 2.75) is 335 Å². The lowest BCUT2D eigenvalue weighted by molar-refractivity contribution is -0.161. The van der Waals surface area contributed by atoms with Gasteiger partial charge in [-0.15, -0.1) is 0 Å². The van der Waals surface area contributed by atoms with Crippen LogP contribution in [0, 0.1) is 5.92 Å². The van der Waals surface area contributed by atoms with Crippen molar-refractivity contribution in [1.29, 1.82) is 0 Å². The minimum atomic E-state index is -4.94. The first-order valence-electron chi connectivity index (χ1n) is 33.1. The van der Waals surface area contributed by atoms with E-state index in [2.05, 4.69) is 34.6 Å². The highest BCUT2D eigenvalue weighted by Crippen LogP contribution is 2.45. The lowest BCUT2D eigenvalue weighted by atomic mass is 10.0. The fourth-order valence-corrected chi connectivity index (χ4v) is 11.0. The number of phosphoric acid groups is 2. The Kier molecular flexibility index (Phi) is 55.5. The topological polar surface area (TPSA) is 237 Å². The number of esters is 4. The predicted molar refractivity (Wildman–Crippen MR) is 326 cm³/mol. The first-order chi connectivity index (χ1) is 39.5. The van der Waals surface area contributed by atoms with Crippen LogP contribution < -0.4 is 0 Å². The van der Waals surface area contributed by atoms with Crippen molar-refractivity contribution in [3.63, 3.8) is 0 Å². The van der Waals surface area contributed by atoms with E-state index in [0.717, 1.165) is 116 Å². The van der Waals surface area contributed by atoms with Crippen LogP contribution in [0.5, 0.6) is 0 Å². The number of ether oxygens (including phenoxy) is 4. The number of carbonyl (C=O) groups excluding carboxylic acids is 4. The highest BCUT2D eigenvalue weighted by atomic mass is 31.2. The van der Waals surface area contributed by atoms with Gasteiger partial charge in [0.05, 0.1) is 26.4 Å². The zero-order valence-electron chi connectivity index (χ0n) is 52.6. The van der Waals surface area contributed by atoms with Crippen LogP contribution in [0.3, 0.4) is 0 Å². The van der Waals surface area contributed by atoms with Crippen LogP contribution in [0.25, 0.3) is 0 Å². The fraction of sp³-hybridized carbons (Fsp3) is 0.937. The van der Waals surface area contributed by atoms with Gasteiger partial charge in [0, 0.05) is 25.7 Å². The second kappa shape index (κ2) is 56.8. The van der Waals surface area contributed by atoms with Gasteiger partial charge in [0.2, 0.25) is 0 Å².